The van der Waals surface area contributed by atoms with Gasteiger partial charge in [-0.2, -0.15) is 0 Å². The Morgan fingerprint density at radius 1 is 1.47 bits per heavy atom. The molecule has 0 aliphatic heterocycles. The third-order valence-electron chi connectivity index (χ3n) is 2.93. The summed E-state index contributed by atoms with van der Waals surface area (Å²) in [6.45, 7) is 5.54. The molecule has 0 unspecified atom stereocenters. The Kier molecular flexibility index (Phi) is 4.16. The molecule has 2 rings (SSSR count). The van der Waals surface area contributed by atoms with Gasteiger partial charge < -0.3 is 14.6 Å². The second-order valence-corrected chi connectivity index (χ2v) is 4.57. The highest BCUT2D eigenvalue weighted by Gasteiger charge is 2.10. The van der Waals surface area contributed by atoms with Gasteiger partial charge in [0.1, 0.15) is 5.52 Å². The lowest BCUT2D eigenvalue weighted by Crippen LogP contribution is -2.35. The number of benzene rings is 1. The molecule has 0 saturated carbocycles. The van der Waals surface area contributed by atoms with Crippen molar-refractivity contribution in [3.63, 3.8) is 0 Å². The largest absolute Gasteiger partial charge is 0.441 e. The summed E-state index contributed by atoms with van der Waals surface area (Å²) < 4.78 is 5.49. The Balaban J connectivity index is 2.05. The first kappa shape index (κ1) is 13.5. The lowest BCUT2D eigenvalue weighted by atomic mass is 10.2. The number of nitrogens with one attached hydrogen (secondary N) is 1. The van der Waals surface area contributed by atoms with Crippen molar-refractivity contribution in [3.8, 4) is 0 Å². The van der Waals surface area contributed by atoms with Crippen LogP contribution >= 0.6 is 0 Å². The van der Waals surface area contributed by atoms with Crippen LogP contribution in [-0.4, -0.2) is 35.9 Å². The van der Waals surface area contributed by atoms with Crippen LogP contribution in [0.3, 0.4) is 0 Å². The summed E-state index contributed by atoms with van der Waals surface area (Å²) in [6, 6.07) is 5.83. The van der Waals surface area contributed by atoms with E-state index in [4.69, 9.17) is 4.42 Å². The standard InChI is InChI=1S/C14H19N3O2/c1-4-15-8-14(18)17(3)9-11-5-6-12-13(7-11)19-10(2)16-12/h5-7,15H,4,8-9H2,1-3H3. The van der Waals surface area contributed by atoms with E-state index in [1.807, 2.05) is 32.0 Å². The highest BCUT2D eigenvalue weighted by Crippen LogP contribution is 2.17. The van der Waals surface area contributed by atoms with E-state index in [-0.39, 0.29) is 5.91 Å². The van der Waals surface area contributed by atoms with E-state index in [0.29, 0.717) is 19.0 Å². The maximum Gasteiger partial charge on any atom is 0.236 e. The zero-order valence-electron chi connectivity index (χ0n) is 11.6. The van der Waals surface area contributed by atoms with E-state index >= 15 is 0 Å². The molecule has 1 aromatic carbocycles. The number of nitrogens with zero attached hydrogens (tertiary/aromatic N) is 2. The fourth-order valence-electron chi connectivity index (χ4n) is 1.91. The summed E-state index contributed by atoms with van der Waals surface area (Å²) in [5.74, 6) is 0.736. The number of oxazole rings is 1. The van der Waals surface area contributed by atoms with Crippen LogP contribution in [0.5, 0.6) is 0 Å². The first-order valence-corrected chi connectivity index (χ1v) is 6.41. The minimum atomic E-state index is 0.0793. The second kappa shape index (κ2) is 5.84. The van der Waals surface area contributed by atoms with Crippen LogP contribution in [0.25, 0.3) is 11.1 Å². The van der Waals surface area contributed by atoms with E-state index in [1.54, 1.807) is 11.9 Å². The highest BCUT2D eigenvalue weighted by molar-refractivity contribution is 5.78. The Morgan fingerprint density at radius 2 is 2.26 bits per heavy atom. The SMILES string of the molecule is CCNCC(=O)N(C)Cc1ccc2nc(C)oc2c1. The van der Waals surface area contributed by atoms with Gasteiger partial charge in [-0.05, 0) is 24.2 Å². The molecule has 0 bridgehead atoms. The maximum absolute atomic E-state index is 11.8. The van der Waals surface area contributed by atoms with Gasteiger partial charge in [-0.15, -0.1) is 0 Å². The molecule has 5 nitrogen and oxygen atoms in total. The maximum atomic E-state index is 11.8. The number of fused-ring (bicyclic) bond motifs is 1. The molecule has 0 aliphatic carbocycles. The summed E-state index contributed by atoms with van der Waals surface area (Å²) >= 11 is 0. The third-order valence-corrected chi connectivity index (χ3v) is 2.93. The Hall–Kier alpha value is -1.88. The van der Waals surface area contributed by atoms with E-state index in [2.05, 4.69) is 10.3 Å². The second-order valence-electron chi connectivity index (χ2n) is 4.57. The van der Waals surface area contributed by atoms with Gasteiger partial charge in [0.2, 0.25) is 5.91 Å². The molecule has 1 amide bonds. The molecule has 0 fully saturated rings. The smallest absolute Gasteiger partial charge is 0.236 e. The van der Waals surface area contributed by atoms with E-state index in [0.717, 1.165) is 23.2 Å². The van der Waals surface area contributed by atoms with Crippen molar-refractivity contribution in [3.05, 3.63) is 29.7 Å². The number of carbonyl (C=O) groups excluding carboxylic acids is 1. The molecule has 1 heterocycles. The predicted octanol–water partition coefficient (Wildman–Crippen LogP) is 1.70. The fraction of sp³-hybridized carbons (Fsp3) is 0.429. The first-order chi connectivity index (χ1) is 9.10. The summed E-state index contributed by atoms with van der Waals surface area (Å²) in [6.07, 6.45) is 0. The van der Waals surface area contributed by atoms with Gasteiger partial charge in [-0.3, -0.25) is 4.79 Å². The van der Waals surface area contributed by atoms with Gasteiger partial charge in [-0.25, -0.2) is 4.98 Å². The van der Waals surface area contributed by atoms with Crippen LogP contribution in [0, 0.1) is 6.92 Å². The molecular weight excluding hydrogens is 242 g/mol. The average molecular weight is 261 g/mol. The molecule has 19 heavy (non-hydrogen) atoms. The molecule has 1 aromatic heterocycles. The van der Waals surface area contributed by atoms with Crippen molar-refractivity contribution in [1.29, 1.82) is 0 Å². The molecule has 0 atom stereocenters. The molecule has 2 aromatic rings. The zero-order chi connectivity index (χ0) is 13.8. The van der Waals surface area contributed by atoms with Crippen molar-refractivity contribution in [2.75, 3.05) is 20.1 Å². The summed E-state index contributed by atoms with van der Waals surface area (Å²) in [4.78, 5) is 17.8. The Labute approximate surface area is 112 Å². The molecule has 102 valence electrons. The van der Waals surface area contributed by atoms with Gasteiger partial charge in [0.05, 0.1) is 6.54 Å². The third kappa shape index (κ3) is 3.32. The molecule has 5 heteroatoms. The van der Waals surface area contributed by atoms with Crippen LogP contribution in [0.4, 0.5) is 0 Å². The Bertz CT molecular complexity index is 577. The fourth-order valence-corrected chi connectivity index (χ4v) is 1.91. The molecule has 0 aliphatic rings. The quantitative estimate of drug-likeness (QED) is 0.890. The topological polar surface area (TPSA) is 58.4 Å². The number of aryl methyl sites for hydroxylation is 1. The van der Waals surface area contributed by atoms with Crippen LogP contribution in [0.15, 0.2) is 22.6 Å². The number of hydrogen-bond acceptors (Lipinski definition) is 4. The van der Waals surface area contributed by atoms with Gasteiger partial charge in [0, 0.05) is 20.5 Å². The normalized spacial score (nSPS) is 10.9. The lowest BCUT2D eigenvalue weighted by molar-refractivity contribution is -0.129. The van der Waals surface area contributed by atoms with Crippen molar-refractivity contribution in [2.24, 2.45) is 0 Å². The predicted molar refractivity (Wildman–Crippen MR) is 73.8 cm³/mol. The van der Waals surface area contributed by atoms with Crippen LogP contribution in [0.2, 0.25) is 0 Å². The van der Waals surface area contributed by atoms with Crippen molar-refractivity contribution >= 4 is 17.0 Å². The summed E-state index contributed by atoms with van der Waals surface area (Å²) in [5, 5.41) is 3.03. The van der Waals surface area contributed by atoms with Gasteiger partial charge >= 0.3 is 0 Å². The number of hydrogen-bond donors (Lipinski definition) is 1. The first-order valence-electron chi connectivity index (χ1n) is 6.41. The zero-order valence-corrected chi connectivity index (χ0v) is 11.6. The number of amides is 1. The minimum Gasteiger partial charge on any atom is -0.441 e. The number of aromatic nitrogens is 1. The molecular formula is C14H19N3O2. The molecule has 1 N–H and O–H groups in total. The van der Waals surface area contributed by atoms with Crippen LogP contribution < -0.4 is 5.32 Å². The van der Waals surface area contributed by atoms with Crippen LogP contribution in [0.1, 0.15) is 18.4 Å². The van der Waals surface area contributed by atoms with Crippen molar-refractivity contribution < 1.29 is 9.21 Å². The summed E-state index contributed by atoms with van der Waals surface area (Å²) in [5.41, 5.74) is 2.65. The summed E-state index contributed by atoms with van der Waals surface area (Å²) in [7, 11) is 1.80. The average Bonchev–Trinajstić information content (AvgIpc) is 2.75. The lowest BCUT2D eigenvalue weighted by Gasteiger charge is -2.17. The van der Waals surface area contributed by atoms with Gasteiger partial charge in [0.15, 0.2) is 11.5 Å². The van der Waals surface area contributed by atoms with Crippen molar-refractivity contribution in [1.82, 2.24) is 15.2 Å². The Morgan fingerprint density at radius 3 is 3.00 bits per heavy atom. The van der Waals surface area contributed by atoms with Crippen LogP contribution in [-0.2, 0) is 11.3 Å². The highest BCUT2D eigenvalue weighted by atomic mass is 16.3. The monoisotopic (exact) mass is 261 g/mol. The molecule has 0 radical (unpaired) electrons. The van der Waals surface area contributed by atoms with E-state index in [9.17, 15) is 4.79 Å². The van der Waals surface area contributed by atoms with Crippen molar-refractivity contribution in [2.45, 2.75) is 20.4 Å². The number of carbonyl (C=O) groups is 1. The van der Waals surface area contributed by atoms with E-state index < -0.39 is 0 Å². The minimum absolute atomic E-state index is 0.0793. The number of rotatable bonds is 5. The van der Waals surface area contributed by atoms with Gasteiger partial charge in [0.25, 0.3) is 0 Å². The van der Waals surface area contributed by atoms with E-state index in [1.165, 1.54) is 0 Å². The van der Waals surface area contributed by atoms with Gasteiger partial charge in [-0.1, -0.05) is 13.0 Å². The number of likely N-dealkylation sites (N-methyl/N-ethyl adjacent to an activating group) is 2. The molecule has 0 spiro atoms. The molecule has 0 saturated heterocycles.